The van der Waals surface area contributed by atoms with E-state index in [-0.39, 0.29) is 17.2 Å². The van der Waals surface area contributed by atoms with Crippen molar-refractivity contribution >= 4 is 29.1 Å². The molecule has 5 heteroatoms. The molecule has 0 fully saturated rings. The predicted octanol–water partition coefficient (Wildman–Crippen LogP) is 2.95. The van der Waals surface area contributed by atoms with Gasteiger partial charge in [-0.3, -0.25) is 4.79 Å². The molecular weight excluding hydrogens is 278 g/mol. The number of ketones is 1. The third-order valence-corrected chi connectivity index (χ3v) is 3.14. The molecule has 22 heavy (non-hydrogen) atoms. The number of oxime groups is 1. The molecule has 0 amide bonds. The SMILES string of the molecule is O=C1/C(=C/c2ccccc2)N=C(Nc2ccccc2)/C1=N\O. The van der Waals surface area contributed by atoms with Gasteiger partial charge in [0.1, 0.15) is 5.70 Å². The quantitative estimate of drug-likeness (QED) is 0.507. The standard InChI is InChI=1S/C17H13N3O2/c21-16-14(11-12-7-3-1-4-8-12)19-17(15(16)20-22)18-13-9-5-2-6-10-13/h1-11,22H,(H,18,19)/b14-11-,20-15-. The van der Waals surface area contributed by atoms with E-state index in [0.29, 0.717) is 0 Å². The summed E-state index contributed by atoms with van der Waals surface area (Å²) in [6.45, 7) is 0. The first-order chi connectivity index (χ1) is 10.8. The molecule has 2 N–H and O–H groups in total. The second-order valence-electron chi connectivity index (χ2n) is 4.67. The van der Waals surface area contributed by atoms with E-state index < -0.39 is 5.78 Å². The number of aliphatic imine (C=N–C) groups is 1. The van der Waals surface area contributed by atoms with E-state index in [4.69, 9.17) is 5.21 Å². The van der Waals surface area contributed by atoms with Crippen LogP contribution < -0.4 is 5.32 Å². The predicted molar refractivity (Wildman–Crippen MR) is 86.1 cm³/mol. The molecule has 0 unspecified atom stereocenters. The Morgan fingerprint density at radius 1 is 1.00 bits per heavy atom. The molecule has 2 aromatic carbocycles. The Morgan fingerprint density at radius 3 is 2.27 bits per heavy atom. The number of carbonyl (C=O) groups excluding carboxylic acids is 1. The van der Waals surface area contributed by atoms with E-state index >= 15 is 0 Å². The van der Waals surface area contributed by atoms with Crippen molar-refractivity contribution in [2.75, 3.05) is 5.32 Å². The highest BCUT2D eigenvalue weighted by atomic mass is 16.4. The number of para-hydroxylation sites is 1. The van der Waals surface area contributed by atoms with Crippen LogP contribution in [0, 0.1) is 0 Å². The van der Waals surface area contributed by atoms with Crippen LogP contribution >= 0.6 is 0 Å². The number of Topliss-reactive ketones (excluding diaryl/α,β-unsaturated/α-hetero) is 1. The molecule has 0 bridgehead atoms. The van der Waals surface area contributed by atoms with Crippen LogP contribution in [0.1, 0.15) is 5.56 Å². The first-order valence-electron chi connectivity index (χ1n) is 6.72. The number of amidine groups is 1. The molecule has 0 radical (unpaired) electrons. The van der Waals surface area contributed by atoms with E-state index in [9.17, 15) is 4.79 Å². The summed E-state index contributed by atoms with van der Waals surface area (Å²) in [5.74, 6) is -0.175. The molecule has 3 rings (SSSR count). The van der Waals surface area contributed by atoms with Crippen molar-refractivity contribution in [3.05, 3.63) is 71.9 Å². The van der Waals surface area contributed by atoms with Gasteiger partial charge in [0.15, 0.2) is 11.5 Å². The molecule has 0 aromatic heterocycles. The minimum atomic E-state index is -0.412. The van der Waals surface area contributed by atoms with Gasteiger partial charge in [-0.1, -0.05) is 53.7 Å². The molecule has 108 valence electrons. The maximum Gasteiger partial charge on any atom is 0.237 e. The van der Waals surface area contributed by atoms with Crippen molar-refractivity contribution in [2.45, 2.75) is 0 Å². The molecule has 2 aromatic rings. The van der Waals surface area contributed by atoms with Gasteiger partial charge in [0.05, 0.1) is 0 Å². The molecule has 1 aliphatic rings. The van der Waals surface area contributed by atoms with Crippen LogP contribution in [0.2, 0.25) is 0 Å². The van der Waals surface area contributed by atoms with Crippen molar-refractivity contribution in [1.29, 1.82) is 0 Å². The average Bonchev–Trinajstić information content (AvgIpc) is 2.84. The van der Waals surface area contributed by atoms with Crippen molar-refractivity contribution in [3.63, 3.8) is 0 Å². The van der Waals surface area contributed by atoms with E-state index in [0.717, 1.165) is 11.3 Å². The fourth-order valence-corrected chi connectivity index (χ4v) is 2.10. The number of hydrogen-bond donors (Lipinski definition) is 2. The van der Waals surface area contributed by atoms with E-state index in [2.05, 4.69) is 15.5 Å². The van der Waals surface area contributed by atoms with Crippen LogP contribution in [0.15, 0.2) is 76.5 Å². The van der Waals surface area contributed by atoms with Crippen LogP contribution in [0.5, 0.6) is 0 Å². The van der Waals surface area contributed by atoms with E-state index in [1.807, 2.05) is 60.7 Å². The zero-order valence-corrected chi connectivity index (χ0v) is 11.6. The van der Waals surface area contributed by atoms with Crippen LogP contribution in [0.4, 0.5) is 5.69 Å². The Balaban J connectivity index is 1.93. The number of nitrogens with one attached hydrogen (secondary N) is 1. The highest BCUT2D eigenvalue weighted by molar-refractivity contribution is 6.74. The smallest absolute Gasteiger partial charge is 0.237 e. The van der Waals surface area contributed by atoms with Crippen molar-refractivity contribution < 1.29 is 10.0 Å². The normalized spacial score (nSPS) is 17.8. The lowest BCUT2D eigenvalue weighted by Gasteiger charge is -2.03. The van der Waals surface area contributed by atoms with Crippen molar-refractivity contribution in [3.8, 4) is 0 Å². The van der Waals surface area contributed by atoms with Crippen molar-refractivity contribution in [1.82, 2.24) is 0 Å². The Labute approximate surface area is 127 Å². The molecule has 1 aliphatic heterocycles. The summed E-state index contributed by atoms with van der Waals surface area (Å²) >= 11 is 0. The summed E-state index contributed by atoms with van der Waals surface area (Å²) in [6.07, 6.45) is 1.66. The van der Waals surface area contributed by atoms with Gasteiger partial charge in [-0.2, -0.15) is 0 Å². The zero-order chi connectivity index (χ0) is 15.4. The monoisotopic (exact) mass is 291 g/mol. The zero-order valence-electron chi connectivity index (χ0n) is 11.6. The van der Waals surface area contributed by atoms with Gasteiger partial charge in [0, 0.05) is 5.69 Å². The van der Waals surface area contributed by atoms with Crippen LogP contribution in [-0.4, -0.2) is 22.5 Å². The summed E-state index contributed by atoms with van der Waals surface area (Å²) in [5.41, 5.74) is 1.76. The van der Waals surface area contributed by atoms with Gasteiger partial charge >= 0.3 is 0 Å². The number of carbonyl (C=O) groups is 1. The third kappa shape index (κ3) is 2.78. The van der Waals surface area contributed by atoms with Gasteiger partial charge in [-0.25, -0.2) is 4.99 Å². The molecule has 0 aliphatic carbocycles. The maximum atomic E-state index is 12.2. The fraction of sp³-hybridized carbons (Fsp3) is 0. The lowest BCUT2D eigenvalue weighted by Crippen LogP contribution is -2.24. The first kappa shape index (κ1) is 13.8. The third-order valence-electron chi connectivity index (χ3n) is 3.14. The van der Waals surface area contributed by atoms with Crippen LogP contribution in [0.3, 0.4) is 0 Å². The first-order valence-corrected chi connectivity index (χ1v) is 6.72. The number of nitrogens with zero attached hydrogens (tertiary/aromatic N) is 2. The summed E-state index contributed by atoms with van der Waals surface area (Å²) < 4.78 is 0. The minimum absolute atomic E-state index is 0.0916. The molecular formula is C17H13N3O2. The number of benzene rings is 2. The largest absolute Gasteiger partial charge is 0.410 e. The topological polar surface area (TPSA) is 74.0 Å². The van der Waals surface area contributed by atoms with Gasteiger partial charge in [-0.05, 0) is 23.8 Å². The lowest BCUT2D eigenvalue weighted by atomic mass is 10.1. The van der Waals surface area contributed by atoms with E-state index in [1.54, 1.807) is 6.08 Å². The lowest BCUT2D eigenvalue weighted by molar-refractivity contribution is -0.109. The average molecular weight is 291 g/mol. The molecule has 5 nitrogen and oxygen atoms in total. The van der Waals surface area contributed by atoms with E-state index in [1.165, 1.54) is 0 Å². The van der Waals surface area contributed by atoms with Crippen LogP contribution in [0.25, 0.3) is 6.08 Å². The Bertz CT molecular complexity index is 778. The molecule has 0 atom stereocenters. The maximum absolute atomic E-state index is 12.2. The molecule has 0 spiro atoms. The summed E-state index contributed by atoms with van der Waals surface area (Å²) in [5, 5.41) is 15.1. The fourth-order valence-electron chi connectivity index (χ4n) is 2.10. The second-order valence-corrected chi connectivity index (χ2v) is 4.67. The number of anilines is 1. The number of allylic oxidation sites excluding steroid dienone is 1. The molecule has 1 heterocycles. The highest BCUT2D eigenvalue weighted by Crippen LogP contribution is 2.17. The Kier molecular flexibility index (Phi) is 3.78. The number of hydrogen-bond acceptors (Lipinski definition) is 5. The van der Waals surface area contributed by atoms with Crippen molar-refractivity contribution in [2.24, 2.45) is 10.1 Å². The Morgan fingerprint density at radius 2 is 1.64 bits per heavy atom. The van der Waals surface area contributed by atoms with Gasteiger partial charge in [0.2, 0.25) is 5.78 Å². The molecule has 0 saturated heterocycles. The van der Waals surface area contributed by atoms with Crippen LogP contribution in [-0.2, 0) is 4.79 Å². The van der Waals surface area contributed by atoms with Gasteiger partial charge < -0.3 is 10.5 Å². The summed E-state index contributed by atoms with van der Waals surface area (Å²) in [4.78, 5) is 16.5. The summed E-state index contributed by atoms with van der Waals surface area (Å²) in [6, 6.07) is 18.6. The number of rotatable bonds is 2. The summed E-state index contributed by atoms with van der Waals surface area (Å²) in [7, 11) is 0. The highest BCUT2D eigenvalue weighted by Gasteiger charge is 2.30. The minimum Gasteiger partial charge on any atom is -0.410 e. The Hall–Kier alpha value is -3.21. The van der Waals surface area contributed by atoms with Gasteiger partial charge in [-0.15, -0.1) is 0 Å². The molecule has 0 saturated carbocycles. The second kappa shape index (κ2) is 6.05. The van der Waals surface area contributed by atoms with Gasteiger partial charge in [0.25, 0.3) is 0 Å².